The van der Waals surface area contributed by atoms with Gasteiger partial charge in [0.2, 0.25) is 17.7 Å². The summed E-state index contributed by atoms with van der Waals surface area (Å²) in [6.45, 7) is 3.15. The molecule has 1 N–H and O–H groups in total. The summed E-state index contributed by atoms with van der Waals surface area (Å²) in [4.78, 5) is 41.1. The second-order valence-corrected chi connectivity index (χ2v) is 8.71. The van der Waals surface area contributed by atoms with E-state index in [0.29, 0.717) is 25.4 Å². The van der Waals surface area contributed by atoms with Gasteiger partial charge < -0.3 is 15.1 Å². The van der Waals surface area contributed by atoms with E-state index in [-0.39, 0.29) is 30.7 Å². The quantitative estimate of drug-likeness (QED) is 0.780. The predicted octanol–water partition coefficient (Wildman–Crippen LogP) is 2.75. The zero-order valence-electron chi connectivity index (χ0n) is 18.0. The van der Waals surface area contributed by atoms with Gasteiger partial charge in [0.05, 0.1) is 13.0 Å². The maximum atomic E-state index is 12.5. The van der Waals surface area contributed by atoms with E-state index in [1.54, 1.807) is 0 Å². The van der Waals surface area contributed by atoms with E-state index in [1.807, 2.05) is 52.3 Å². The highest BCUT2D eigenvalue weighted by Gasteiger charge is 2.27. The number of nitrogens with one attached hydrogen (secondary N) is 1. The first-order chi connectivity index (χ1) is 15.1. The molecule has 6 heteroatoms. The van der Waals surface area contributed by atoms with Gasteiger partial charge in [-0.05, 0) is 47.9 Å². The maximum absolute atomic E-state index is 12.5. The Morgan fingerprint density at radius 2 is 1.52 bits per heavy atom. The fourth-order valence-electron chi connectivity index (χ4n) is 4.70. The summed E-state index contributed by atoms with van der Waals surface area (Å²) in [6, 6.07) is 13.9. The van der Waals surface area contributed by atoms with Crippen LogP contribution in [0.1, 0.15) is 37.7 Å². The number of benzene rings is 2. The van der Waals surface area contributed by atoms with Gasteiger partial charge in [-0.3, -0.25) is 14.4 Å². The Hall–Kier alpha value is -2.89. The minimum absolute atomic E-state index is 0.0287. The van der Waals surface area contributed by atoms with Gasteiger partial charge in [-0.2, -0.15) is 0 Å². The van der Waals surface area contributed by atoms with E-state index >= 15 is 0 Å². The number of nitrogens with zero attached hydrogens (tertiary/aromatic N) is 2. The van der Waals surface area contributed by atoms with Crippen LogP contribution in [0.15, 0.2) is 42.5 Å². The van der Waals surface area contributed by atoms with E-state index < -0.39 is 0 Å². The molecular formula is C25H31N3O3. The molecule has 2 fully saturated rings. The zero-order chi connectivity index (χ0) is 21.6. The van der Waals surface area contributed by atoms with Crippen molar-refractivity contribution in [2.75, 3.05) is 32.7 Å². The Balaban J connectivity index is 1.20. The second-order valence-electron chi connectivity index (χ2n) is 8.71. The molecule has 31 heavy (non-hydrogen) atoms. The van der Waals surface area contributed by atoms with Crippen molar-refractivity contribution in [2.45, 2.75) is 38.5 Å². The number of carbonyl (C=O) groups excluding carboxylic acids is 3. The van der Waals surface area contributed by atoms with Gasteiger partial charge in [-0.1, -0.05) is 42.5 Å². The molecule has 4 rings (SSSR count). The molecule has 0 spiro atoms. The fraction of sp³-hybridized carbons (Fsp3) is 0.480. The van der Waals surface area contributed by atoms with Crippen LogP contribution < -0.4 is 5.32 Å². The number of amides is 3. The molecule has 6 nitrogen and oxygen atoms in total. The van der Waals surface area contributed by atoms with E-state index in [2.05, 4.69) is 5.32 Å². The van der Waals surface area contributed by atoms with Crippen LogP contribution in [0, 0.1) is 5.92 Å². The van der Waals surface area contributed by atoms with E-state index in [1.165, 1.54) is 0 Å². The van der Waals surface area contributed by atoms with Crippen molar-refractivity contribution in [3.63, 3.8) is 0 Å². The molecule has 0 radical (unpaired) electrons. The Bertz CT molecular complexity index is 939. The molecule has 0 saturated carbocycles. The molecule has 0 aromatic heterocycles. The monoisotopic (exact) mass is 421 g/mol. The minimum Gasteiger partial charge on any atom is -0.347 e. The molecule has 2 heterocycles. The number of carbonyl (C=O) groups is 3. The van der Waals surface area contributed by atoms with Crippen LogP contribution in [0.2, 0.25) is 0 Å². The Morgan fingerprint density at radius 3 is 2.29 bits per heavy atom. The van der Waals surface area contributed by atoms with Crippen molar-refractivity contribution >= 4 is 28.5 Å². The summed E-state index contributed by atoms with van der Waals surface area (Å²) >= 11 is 0. The van der Waals surface area contributed by atoms with Crippen LogP contribution in [0.5, 0.6) is 0 Å². The van der Waals surface area contributed by atoms with Crippen molar-refractivity contribution in [3.05, 3.63) is 48.0 Å². The summed E-state index contributed by atoms with van der Waals surface area (Å²) in [5.41, 5.74) is 0.964. The molecule has 0 atom stereocenters. The third-order valence-electron chi connectivity index (χ3n) is 6.56. The van der Waals surface area contributed by atoms with Crippen LogP contribution in [0.4, 0.5) is 0 Å². The molecule has 2 saturated heterocycles. The number of likely N-dealkylation sites (tertiary alicyclic amines) is 2. The Kier molecular flexibility index (Phi) is 6.85. The van der Waals surface area contributed by atoms with Gasteiger partial charge >= 0.3 is 0 Å². The van der Waals surface area contributed by atoms with Crippen molar-refractivity contribution < 1.29 is 14.4 Å². The van der Waals surface area contributed by atoms with Gasteiger partial charge in [0.15, 0.2) is 0 Å². The lowest BCUT2D eigenvalue weighted by atomic mass is 9.93. The molecule has 164 valence electrons. The van der Waals surface area contributed by atoms with Crippen LogP contribution in [0.3, 0.4) is 0 Å². The third-order valence-corrected chi connectivity index (χ3v) is 6.56. The van der Waals surface area contributed by atoms with Crippen molar-refractivity contribution in [2.24, 2.45) is 5.92 Å². The highest BCUT2D eigenvalue weighted by atomic mass is 16.2. The summed E-state index contributed by atoms with van der Waals surface area (Å²) < 4.78 is 0. The first-order valence-corrected chi connectivity index (χ1v) is 11.4. The number of hydrogen-bond acceptors (Lipinski definition) is 3. The second kappa shape index (κ2) is 9.94. The summed E-state index contributed by atoms with van der Waals surface area (Å²) in [5.74, 6) is 0.437. The lowest BCUT2D eigenvalue weighted by Crippen LogP contribution is -2.44. The molecular weight excluding hydrogens is 390 g/mol. The SMILES string of the molecule is O=C(Cc1cccc2ccccc12)NCC(=O)N1CCC(CC(=O)N2CCCC2)CC1. The lowest BCUT2D eigenvalue weighted by Gasteiger charge is -2.32. The highest BCUT2D eigenvalue weighted by Crippen LogP contribution is 2.23. The summed E-state index contributed by atoms with van der Waals surface area (Å²) in [5, 5.41) is 4.96. The number of fused-ring (bicyclic) bond motifs is 1. The van der Waals surface area contributed by atoms with E-state index in [9.17, 15) is 14.4 Å². The largest absolute Gasteiger partial charge is 0.347 e. The molecule has 2 aliphatic rings. The van der Waals surface area contributed by atoms with Gasteiger partial charge in [0.1, 0.15) is 0 Å². The number of piperidine rings is 1. The van der Waals surface area contributed by atoms with Gasteiger partial charge in [0.25, 0.3) is 0 Å². The molecule has 2 aromatic rings. The van der Waals surface area contributed by atoms with Crippen LogP contribution in [-0.2, 0) is 20.8 Å². The average Bonchev–Trinajstić information content (AvgIpc) is 3.33. The maximum Gasteiger partial charge on any atom is 0.241 e. The third kappa shape index (κ3) is 5.43. The number of rotatable bonds is 6. The number of hydrogen-bond donors (Lipinski definition) is 1. The highest BCUT2D eigenvalue weighted by molar-refractivity contribution is 5.91. The molecule has 3 amide bonds. The van der Waals surface area contributed by atoms with Crippen LogP contribution >= 0.6 is 0 Å². The summed E-state index contributed by atoms with van der Waals surface area (Å²) in [6.07, 6.45) is 4.81. The van der Waals surface area contributed by atoms with Gasteiger partial charge in [0, 0.05) is 32.6 Å². The normalized spacial score (nSPS) is 17.2. The van der Waals surface area contributed by atoms with Crippen molar-refractivity contribution in [3.8, 4) is 0 Å². The standard InChI is InChI=1S/C25H31N3O3/c29-23(17-21-8-5-7-20-6-1-2-9-22(20)21)26-18-25(31)28-14-10-19(11-15-28)16-24(30)27-12-3-4-13-27/h1-2,5-9,19H,3-4,10-18H2,(H,26,29). The van der Waals surface area contributed by atoms with Crippen molar-refractivity contribution in [1.82, 2.24) is 15.1 Å². The molecule has 2 aliphatic heterocycles. The molecule has 0 bridgehead atoms. The predicted molar refractivity (Wildman–Crippen MR) is 120 cm³/mol. The Morgan fingerprint density at radius 1 is 0.839 bits per heavy atom. The fourth-order valence-corrected chi connectivity index (χ4v) is 4.70. The van der Waals surface area contributed by atoms with Gasteiger partial charge in [-0.25, -0.2) is 0 Å². The van der Waals surface area contributed by atoms with Gasteiger partial charge in [-0.15, -0.1) is 0 Å². The van der Waals surface area contributed by atoms with Crippen molar-refractivity contribution in [1.29, 1.82) is 0 Å². The molecule has 2 aromatic carbocycles. The first-order valence-electron chi connectivity index (χ1n) is 11.4. The first kappa shape index (κ1) is 21.3. The molecule has 0 aliphatic carbocycles. The van der Waals surface area contributed by atoms with Crippen LogP contribution in [0.25, 0.3) is 10.8 Å². The molecule has 0 unspecified atom stereocenters. The average molecular weight is 422 g/mol. The Labute approximate surface area is 183 Å². The minimum atomic E-state index is -0.143. The topological polar surface area (TPSA) is 69.7 Å². The lowest BCUT2D eigenvalue weighted by molar-refractivity contribution is -0.134. The smallest absolute Gasteiger partial charge is 0.241 e. The van der Waals surface area contributed by atoms with E-state index in [0.717, 1.165) is 55.1 Å². The van der Waals surface area contributed by atoms with Crippen LogP contribution in [-0.4, -0.2) is 60.2 Å². The van der Waals surface area contributed by atoms with E-state index in [4.69, 9.17) is 0 Å². The summed E-state index contributed by atoms with van der Waals surface area (Å²) in [7, 11) is 0. The zero-order valence-corrected chi connectivity index (χ0v) is 18.0.